The van der Waals surface area contributed by atoms with E-state index in [0.717, 1.165) is 11.1 Å². The predicted molar refractivity (Wildman–Crippen MR) is 66.7 cm³/mol. The number of carbonyl (C=O) groups is 1. The van der Waals surface area contributed by atoms with Gasteiger partial charge in [-0.3, -0.25) is 9.78 Å². The van der Waals surface area contributed by atoms with Crippen LogP contribution in [0.3, 0.4) is 0 Å². The second-order valence-corrected chi connectivity index (χ2v) is 4.45. The standard InChI is InChI=1S/C11H12N4OS/c1-7-2-3-13-4-8(7)5-14-10(16)9-6-17-11(12)15-9/h2-4,6H,5H2,1H3,(H2,12,15)(H,14,16). The maximum absolute atomic E-state index is 11.7. The van der Waals surface area contributed by atoms with E-state index in [9.17, 15) is 4.79 Å². The van der Waals surface area contributed by atoms with Gasteiger partial charge in [0, 0.05) is 24.3 Å². The molecule has 2 heterocycles. The minimum atomic E-state index is -0.221. The van der Waals surface area contributed by atoms with Crippen LogP contribution in [0.4, 0.5) is 5.13 Å². The average Bonchev–Trinajstić information content (AvgIpc) is 2.74. The molecule has 0 atom stereocenters. The summed E-state index contributed by atoms with van der Waals surface area (Å²) >= 11 is 1.25. The van der Waals surface area contributed by atoms with Gasteiger partial charge in [-0.15, -0.1) is 11.3 Å². The number of hydrogen-bond donors (Lipinski definition) is 2. The molecule has 1 amide bonds. The second kappa shape index (κ2) is 4.92. The van der Waals surface area contributed by atoms with Crippen LogP contribution in [-0.2, 0) is 6.54 Å². The number of thiazole rings is 1. The van der Waals surface area contributed by atoms with Crippen LogP contribution >= 0.6 is 11.3 Å². The van der Waals surface area contributed by atoms with Crippen molar-refractivity contribution in [3.05, 3.63) is 40.7 Å². The summed E-state index contributed by atoms with van der Waals surface area (Å²) < 4.78 is 0. The molecule has 0 aliphatic heterocycles. The Morgan fingerprint density at radius 3 is 3.06 bits per heavy atom. The maximum Gasteiger partial charge on any atom is 0.271 e. The molecule has 0 fully saturated rings. The third-order valence-electron chi connectivity index (χ3n) is 2.34. The summed E-state index contributed by atoms with van der Waals surface area (Å²) in [5.74, 6) is -0.221. The average molecular weight is 248 g/mol. The van der Waals surface area contributed by atoms with Gasteiger partial charge in [0.15, 0.2) is 5.13 Å². The van der Waals surface area contributed by atoms with Crippen molar-refractivity contribution in [1.82, 2.24) is 15.3 Å². The van der Waals surface area contributed by atoms with Gasteiger partial charge < -0.3 is 11.1 Å². The van der Waals surface area contributed by atoms with E-state index >= 15 is 0 Å². The van der Waals surface area contributed by atoms with Crippen LogP contribution in [-0.4, -0.2) is 15.9 Å². The topological polar surface area (TPSA) is 80.9 Å². The second-order valence-electron chi connectivity index (χ2n) is 3.56. The minimum Gasteiger partial charge on any atom is -0.375 e. The molecule has 6 heteroatoms. The molecular formula is C11H12N4OS. The number of pyridine rings is 1. The van der Waals surface area contributed by atoms with E-state index in [1.165, 1.54) is 11.3 Å². The van der Waals surface area contributed by atoms with Gasteiger partial charge in [0.05, 0.1) is 0 Å². The fourth-order valence-electron chi connectivity index (χ4n) is 1.34. The zero-order valence-corrected chi connectivity index (χ0v) is 10.1. The summed E-state index contributed by atoms with van der Waals surface area (Å²) in [6, 6.07) is 1.91. The molecule has 2 aromatic heterocycles. The minimum absolute atomic E-state index is 0.221. The molecule has 0 spiro atoms. The molecule has 88 valence electrons. The first-order valence-electron chi connectivity index (χ1n) is 5.05. The van der Waals surface area contributed by atoms with Crippen LogP contribution in [0.2, 0.25) is 0 Å². The van der Waals surface area contributed by atoms with Crippen molar-refractivity contribution in [3.8, 4) is 0 Å². The summed E-state index contributed by atoms with van der Waals surface area (Å²) in [7, 11) is 0. The maximum atomic E-state index is 11.7. The molecule has 0 unspecified atom stereocenters. The van der Waals surface area contributed by atoms with Crippen molar-refractivity contribution in [2.75, 3.05) is 5.73 Å². The first-order chi connectivity index (χ1) is 8.16. The molecule has 0 saturated heterocycles. The van der Waals surface area contributed by atoms with Crippen LogP contribution in [0.5, 0.6) is 0 Å². The van der Waals surface area contributed by atoms with E-state index in [4.69, 9.17) is 5.73 Å². The van der Waals surface area contributed by atoms with Crippen LogP contribution in [0.1, 0.15) is 21.6 Å². The molecule has 2 rings (SSSR count). The number of nitrogens with two attached hydrogens (primary N) is 1. The largest absolute Gasteiger partial charge is 0.375 e. The highest BCUT2D eigenvalue weighted by molar-refractivity contribution is 7.13. The summed E-state index contributed by atoms with van der Waals surface area (Å²) in [5, 5.41) is 4.81. The predicted octanol–water partition coefficient (Wildman–Crippen LogP) is 1.36. The number of nitrogens with one attached hydrogen (secondary N) is 1. The SMILES string of the molecule is Cc1ccncc1CNC(=O)c1csc(N)n1. The van der Waals surface area contributed by atoms with E-state index < -0.39 is 0 Å². The number of aromatic nitrogens is 2. The molecule has 0 aromatic carbocycles. The fraction of sp³-hybridized carbons (Fsp3) is 0.182. The van der Waals surface area contributed by atoms with Gasteiger partial charge in [-0.25, -0.2) is 4.98 Å². The molecule has 5 nitrogen and oxygen atoms in total. The van der Waals surface area contributed by atoms with E-state index in [1.807, 2.05) is 13.0 Å². The summed E-state index contributed by atoms with van der Waals surface area (Å²) in [5.41, 5.74) is 7.91. The summed E-state index contributed by atoms with van der Waals surface area (Å²) in [6.45, 7) is 2.42. The van der Waals surface area contributed by atoms with Crippen molar-refractivity contribution in [2.24, 2.45) is 0 Å². The van der Waals surface area contributed by atoms with E-state index in [0.29, 0.717) is 17.4 Å². The van der Waals surface area contributed by atoms with Gasteiger partial charge >= 0.3 is 0 Å². The number of amides is 1. The molecule has 0 saturated carbocycles. The number of nitrogen functional groups attached to an aromatic ring is 1. The quantitative estimate of drug-likeness (QED) is 0.859. The fourth-order valence-corrected chi connectivity index (χ4v) is 1.88. The zero-order valence-electron chi connectivity index (χ0n) is 9.30. The van der Waals surface area contributed by atoms with Gasteiger partial charge in [-0.1, -0.05) is 0 Å². The highest BCUT2D eigenvalue weighted by atomic mass is 32.1. The van der Waals surface area contributed by atoms with E-state index in [2.05, 4.69) is 15.3 Å². The van der Waals surface area contributed by atoms with Crippen molar-refractivity contribution < 1.29 is 4.79 Å². The third-order valence-corrected chi connectivity index (χ3v) is 3.02. The summed E-state index contributed by atoms with van der Waals surface area (Å²) in [4.78, 5) is 19.6. The number of hydrogen-bond acceptors (Lipinski definition) is 5. The van der Waals surface area contributed by atoms with Gasteiger partial charge in [0.1, 0.15) is 5.69 Å². The number of rotatable bonds is 3. The van der Waals surface area contributed by atoms with Gasteiger partial charge in [0.2, 0.25) is 0 Å². The monoisotopic (exact) mass is 248 g/mol. The lowest BCUT2D eigenvalue weighted by Crippen LogP contribution is -2.23. The first-order valence-corrected chi connectivity index (χ1v) is 5.93. The molecule has 0 radical (unpaired) electrons. The Bertz CT molecular complexity index is 538. The molecular weight excluding hydrogens is 236 g/mol. The van der Waals surface area contributed by atoms with E-state index in [1.54, 1.807) is 17.8 Å². The Kier molecular flexibility index (Phi) is 3.34. The number of anilines is 1. The normalized spacial score (nSPS) is 10.2. The molecule has 0 aliphatic carbocycles. The molecule has 2 aromatic rings. The van der Waals surface area contributed by atoms with Gasteiger partial charge in [-0.2, -0.15) is 0 Å². The van der Waals surface area contributed by atoms with E-state index in [-0.39, 0.29) is 5.91 Å². The first kappa shape index (κ1) is 11.5. The van der Waals surface area contributed by atoms with Gasteiger partial charge in [-0.05, 0) is 24.1 Å². The number of nitrogens with zero attached hydrogens (tertiary/aromatic N) is 2. The molecule has 0 aliphatic rings. The summed E-state index contributed by atoms with van der Waals surface area (Å²) in [6.07, 6.45) is 3.47. The van der Waals surface area contributed by atoms with Crippen molar-refractivity contribution in [2.45, 2.75) is 13.5 Å². The molecule has 0 bridgehead atoms. The molecule has 3 N–H and O–H groups in total. The number of carbonyl (C=O) groups excluding carboxylic acids is 1. The van der Waals surface area contributed by atoms with Crippen molar-refractivity contribution in [1.29, 1.82) is 0 Å². The Balaban J connectivity index is 1.99. The van der Waals surface area contributed by atoms with Crippen LogP contribution in [0.15, 0.2) is 23.8 Å². The van der Waals surface area contributed by atoms with Crippen molar-refractivity contribution >= 4 is 22.4 Å². The van der Waals surface area contributed by atoms with Crippen LogP contribution < -0.4 is 11.1 Å². The van der Waals surface area contributed by atoms with Crippen LogP contribution in [0.25, 0.3) is 0 Å². The molecule has 17 heavy (non-hydrogen) atoms. The van der Waals surface area contributed by atoms with Crippen LogP contribution in [0, 0.1) is 6.92 Å². The highest BCUT2D eigenvalue weighted by Gasteiger charge is 2.09. The Hall–Kier alpha value is -1.95. The van der Waals surface area contributed by atoms with Gasteiger partial charge in [0.25, 0.3) is 5.91 Å². The Morgan fingerprint density at radius 1 is 1.59 bits per heavy atom. The number of aryl methyl sites for hydroxylation is 1. The Labute approximate surface area is 103 Å². The lowest BCUT2D eigenvalue weighted by atomic mass is 10.1. The van der Waals surface area contributed by atoms with Crippen molar-refractivity contribution in [3.63, 3.8) is 0 Å². The Morgan fingerprint density at radius 2 is 2.41 bits per heavy atom. The smallest absolute Gasteiger partial charge is 0.271 e. The highest BCUT2D eigenvalue weighted by Crippen LogP contribution is 2.11. The lowest BCUT2D eigenvalue weighted by Gasteiger charge is -2.05. The lowest BCUT2D eigenvalue weighted by molar-refractivity contribution is 0.0946. The zero-order chi connectivity index (χ0) is 12.3. The third kappa shape index (κ3) is 2.79.